The van der Waals surface area contributed by atoms with Gasteiger partial charge in [-0.2, -0.15) is 0 Å². The van der Waals surface area contributed by atoms with E-state index in [1.807, 2.05) is 27.6 Å². The Labute approximate surface area is 152 Å². The standard InChI is InChI=1S/C17H25N7O2/c1-21-15(12-22-6-4-18-13-22)19-20-16(21)14-3-2-5-24(11-14)17(25)23-7-9-26-10-8-23/h4,6,13-14H,2-3,5,7-12H2,1H3/t14-/m1/s1. The SMILES string of the molecule is Cn1c(Cn2ccnc2)nnc1[C@@H]1CCCN(C(=O)N2CCOCC2)C1. The monoisotopic (exact) mass is 359 g/mol. The van der Waals surface area contributed by atoms with E-state index in [9.17, 15) is 4.79 Å². The van der Waals surface area contributed by atoms with E-state index in [2.05, 4.69) is 19.7 Å². The molecule has 9 nitrogen and oxygen atoms in total. The lowest BCUT2D eigenvalue weighted by Crippen LogP contribution is -2.50. The molecule has 0 radical (unpaired) electrons. The number of likely N-dealkylation sites (tertiary alicyclic amines) is 1. The summed E-state index contributed by atoms with van der Waals surface area (Å²) in [6, 6.07) is 0.124. The van der Waals surface area contributed by atoms with Crippen LogP contribution in [0.1, 0.15) is 30.4 Å². The third-order valence-electron chi connectivity index (χ3n) is 5.22. The highest BCUT2D eigenvalue weighted by atomic mass is 16.5. The van der Waals surface area contributed by atoms with E-state index in [4.69, 9.17) is 4.74 Å². The van der Waals surface area contributed by atoms with Gasteiger partial charge in [0.05, 0.1) is 26.1 Å². The quantitative estimate of drug-likeness (QED) is 0.805. The molecule has 0 N–H and O–H groups in total. The molecular weight excluding hydrogens is 334 g/mol. The maximum Gasteiger partial charge on any atom is 0.320 e. The summed E-state index contributed by atoms with van der Waals surface area (Å²) >= 11 is 0. The molecule has 1 atom stereocenters. The predicted octanol–water partition coefficient (Wildman–Crippen LogP) is 0.692. The number of ether oxygens (including phenoxy) is 1. The van der Waals surface area contributed by atoms with Crippen LogP contribution < -0.4 is 0 Å². The van der Waals surface area contributed by atoms with Crippen LogP contribution in [0.2, 0.25) is 0 Å². The molecule has 2 aromatic rings. The van der Waals surface area contributed by atoms with Gasteiger partial charge in [0, 0.05) is 51.5 Å². The number of imidazole rings is 1. The molecule has 2 aromatic heterocycles. The Morgan fingerprint density at radius 2 is 2.08 bits per heavy atom. The van der Waals surface area contributed by atoms with E-state index in [1.54, 1.807) is 12.5 Å². The Morgan fingerprint density at radius 3 is 2.85 bits per heavy atom. The van der Waals surface area contributed by atoms with Crippen LogP contribution in [0, 0.1) is 0 Å². The van der Waals surface area contributed by atoms with Gasteiger partial charge in [-0.1, -0.05) is 0 Å². The van der Waals surface area contributed by atoms with Crippen LogP contribution >= 0.6 is 0 Å². The third kappa shape index (κ3) is 3.44. The fourth-order valence-corrected chi connectivity index (χ4v) is 3.73. The fraction of sp³-hybridized carbons (Fsp3) is 0.647. The summed E-state index contributed by atoms with van der Waals surface area (Å²) in [7, 11) is 2.00. The molecule has 2 aliphatic rings. The molecule has 2 fully saturated rings. The lowest BCUT2D eigenvalue weighted by Gasteiger charge is -2.37. The Kier molecular flexibility index (Phi) is 4.87. The topological polar surface area (TPSA) is 81.3 Å². The predicted molar refractivity (Wildman–Crippen MR) is 93.7 cm³/mol. The van der Waals surface area contributed by atoms with Crippen LogP contribution in [-0.2, 0) is 18.3 Å². The zero-order valence-corrected chi connectivity index (χ0v) is 15.1. The molecule has 140 valence electrons. The first-order valence-corrected chi connectivity index (χ1v) is 9.18. The molecule has 0 aromatic carbocycles. The Morgan fingerprint density at radius 1 is 1.23 bits per heavy atom. The summed E-state index contributed by atoms with van der Waals surface area (Å²) in [6.07, 6.45) is 7.47. The number of rotatable bonds is 3. The van der Waals surface area contributed by atoms with E-state index < -0.39 is 0 Å². The van der Waals surface area contributed by atoms with E-state index in [1.165, 1.54) is 0 Å². The number of nitrogens with zero attached hydrogens (tertiary/aromatic N) is 7. The first-order chi connectivity index (χ1) is 12.7. The number of carbonyl (C=O) groups is 1. The maximum absolute atomic E-state index is 12.8. The molecule has 4 heterocycles. The highest BCUT2D eigenvalue weighted by Crippen LogP contribution is 2.26. The number of hydrogen-bond donors (Lipinski definition) is 0. The summed E-state index contributed by atoms with van der Waals surface area (Å²) < 4.78 is 9.39. The number of morpholine rings is 1. The van der Waals surface area contributed by atoms with Gasteiger partial charge < -0.3 is 23.7 Å². The van der Waals surface area contributed by atoms with Crippen LogP contribution in [0.15, 0.2) is 18.7 Å². The van der Waals surface area contributed by atoms with E-state index in [0.29, 0.717) is 39.4 Å². The van der Waals surface area contributed by atoms with Gasteiger partial charge in [0.1, 0.15) is 5.82 Å². The maximum atomic E-state index is 12.8. The zero-order chi connectivity index (χ0) is 17.9. The number of piperidine rings is 1. The van der Waals surface area contributed by atoms with Crippen molar-refractivity contribution in [2.45, 2.75) is 25.3 Å². The van der Waals surface area contributed by atoms with Crippen molar-refractivity contribution in [1.29, 1.82) is 0 Å². The average Bonchev–Trinajstić information content (AvgIpc) is 3.33. The first kappa shape index (κ1) is 17.0. The lowest BCUT2D eigenvalue weighted by atomic mass is 9.97. The summed E-state index contributed by atoms with van der Waals surface area (Å²) in [5, 5.41) is 8.79. The number of urea groups is 1. The fourth-order valence-electron chi connectivity index (χ4n) is 3.73. The van der Waals surface area contributed by atoms with Gasteiger partial charge in [-0.25, -0.2) is 9.78 Å². The lowest BCUT2D eigenvalue weighted by molar-refractivity contribution is 0.0407. The third-order valence-corrected chi connectivity index (χ3v) is 5.22. The summed E-state index contributed by atoms with van der Waals surface area (Å²) in [5.74, 6) is 2.08. The smallest absolute Gasteiger partial charge is 0.320 e. The van der Waals surface area contributed by atoms with Crippen LogP contribution in [0.3, 0.4) is 0 Å². The number of hydrogen-bond acceptors (Lipinski definition) is 5. The van der Waals surface area contributed by atoms with Crippen molar-refractivity contribution in [2.75, 3.05) is 39.4 Å². The molecule has 0 saturated carbocycles. The van der Waals surface area contributed by atoms with Gasteiger partial charge in [0.2, 0.25) is 0 Å². The molecule has 0 spiro atoms. The zero-order valence-electron chi connectivity index (χ0n) is 15.1. The summed E-state index contributed by atoms with van der Waals surface area (Å²) in [4.78, 5) is 20.7. The van der Waals surface area contributed by atoms with E-state index in [0.717, 1.165) is 31.0 Å². The molecule has 9 heteroatoms. The Bertz CT molecular complexity index is 736. The van der Waals surface area contributed by atoms with Gasteiger partial charge in [-0.05, 0) is 12.8 Å². The molecular formula is C17H25N7O2. The van der Waals surface area contributed by atoms with Gasteiger partial charge in [-0.3, -0.25) is 0 Å². The second-order valence-electron chi connectivity index (χ2n) is 6.94. The van der Waals surface area contributed by atoms with Gasteiger partial charge in [-0.15, -0.1) is 10.2 Å². The van der Waals surface area contributed by atoms with Crippen molar-refractivity contribution in [3.05, 3.63) is 30.4 Å². The van der Waals surface area contributed by atoms with Gasteiger partial charge in [0.15, 0.2) is 5.82 Å². The van der Waals surface area contributed by atoms with Gasteiger partial charge >= 0.3 is 6.03 Å². The second-order valence-corrected chi connectivity index (χ2v) is 6.94. The molecule has 4 rings (SSSR count). The summed E-state index contributed by atoms with van der Waals surface area (Å²) in [6.45, 7) is 4.78. The molecule has 0 bridgehead atoms. The number of aromatic nitrogens is 5. The molecule has 0 unspecified atom stereocenters. The number of carbonyl (C=O) groups excluding carboxylic acids is 1. The van der Waals surface area contributed by atoms with Crippen molar-refractivity contribution < 1.29 is 9.53 Å². The van der Waals surface area contributed by atoms with Crippen molar-refractivity contribution in [1.82, 2.24) is 34.1 Å². The summed E-state index contributed by atoms with van der Waals surface area (Å²) in [5.41, 5.74) is 0. The highest BCUT2D eigenvalue weighted by Gasteiger charge is 2.31. The molecule has 2 amide bonds. The van der Waals surface area contributed by atoms with Crippen LogP contribution in [-0.4, -0.2) is 79.5 Å². The minimum Gasteiger partial charge on any atom is -0.378 e. The van der Waals surface area contributed by atoms with Gasteiger partial charge in [0.25, 0.3) is 0 Å². The molecule has 26 heavy (non-hydrogen) atoms. The van der Waals surface area contributed by atoms with Crippen LogP contribution in [0.4, 0.5) is 4.79 Å². The first-order valence-electron chi connectivity index (χ1n) is 9.18. The average molecular weight is 359 g/mol. The van der Waals surface area contributed by atoms with E-state index in [-0.39, 0.29) is 11.9 Å². The largest absolute Gasteiger partial charge is 0.378 e. The van der Waals surface area contributed by atoms with E-state index >= 15 is 0 Å². The van der Waals surface area contributed by atoms with Crippen molar-refractivity contribution in [2.24, 2.45) is 7.05 Å². The molecule has 0 aliphatic carbocycles. The Hall–Kier alpha value is -2.42. The van der Waals surface area contributed by atoms with Crippen LogP contribution in [0.5, 0.6) is 0 Å². The molecule has 2 aliphatic heterocycles. The van der Waals surface area contributed by atoms with Crippen molar-refractivity contribution in [3.63, 3.8) is 0 Å². The molecule has 2 saturated heterocycles. The Balaban J connectivity index is 1.44. The van der Waals surface area contributed by atoms with Crippen molar-refractivity contribution >= 4 is 6.03 Å². The normalized spacial score (nSPS) is 21.2. The second kappa shape index (κ2) is 7.45. The minimum absolute atomic E-state index is 0.124. The highest BCUT2D eigenvalue weighted by molar-refractivity contribution is 5.74. The number of amides is 2. The van der Waals surface area contributed by atoms with Crippen LogP contribution in [0.25, 0.3) is 0 Å². The van der Waals surface area contributed by atoms with Crippen molar-refractivity contribution in [3.8, 4) is 0 Å². The minimum atomic E-state index is 0.124.